The molecule has 0 aromatic heterocycles. The molecule has 0 spiro atoms. The molecule has 0 aliphatic carbocycles. The molecule has 0 saturated carbocycles. The lowest BCUT2D eigenvalue weighted by molar-refractivity contribution is 0.0697. The number of carboxylic acid groups (broad SMARTS) is 1. The highest BCUT2D eigenvalue weighted by molar-refractivity contribution is 7.98. The van der Waals surface area contributed by atoms with Crippen molar-refractivity contribution in [1.82, 2.24) is 0 Å². The van der Waals surface area contributed by atoms with E-state index in [4.69, 9.17) is 21.4 Å². The van der Waals surface area contributed by atoms with E-state index in [1.807, 2.05) is 24.3 Å². The number of rotatable bonds is 7. The van der Waals surface area contributed by atoms with Crippen molar-refractivity contribution < 1.29 is 14.6 Å². The Morgan fingerprint density at radius 1 is 1.10 bits per heavy atom. The van der Waals surface area contributed by atoms with E-state index in [0.717, 1.165) is 22.8 Å². The van der Waals surface area contributed by atoms with Crippen LogP contribution in [0.1, 0.15) is 15.9 Å². The first-order chi connectivity index (χ1) is 10.1. The van der Waals surface area contributed by atoms with E-state index in [2.05, 4.69) is 0 Å². The van der Waals surface area contributed by atoms with E-state index in [1.54, 1.807) is 36.0 Å². The monoisotopic (exact) mass is 322 g/mol. The molecule has 5 heteroatoms. The number of thioether (sulfide) groups is 1. The quantitative estimate of drug-likeness (QED) is 0.770. The molecule has 0 saturated heterocycles. The molecule has 2 aromatic carbocycles. The molecule has 2 rings (SSSR count). The van der Waals surface area contributed by atoms with Gasteiger partial charge in [-0.3, -0.25) is 0 Å². The molecule has 0 amide bonds. The summed E-state index contributed by atoms with van der Waals surface area (Å²) in [6.45, 7) is 0.625. The van der Waals surface area contributed by atoms with Crippen LogP contribution in [0.4, 0.5) is 0 Å². The van der Waals surface area contributed by atoms with Gasteiger partial charge in [-0.05, 0) is 42.0 Å². The topological polar surface area (TPSA) is 46.5 Å². The van der Waals surface area contributed by atoms with Gasteiger partial charge in [-0.2, -0.15) is 11.8 Å². The van der Waals surface area contributed by atoms with Crippen molar-refractivity contribution in [1.29, 1.82) is 0 Å². The summed E-state index contributed by atoms with van der Waals surface area (Å²) in [6.07, 6.45) is 0. The van der Waals surface area contributed by atoms with Crippen LogP contribution in [0.5, 0.6) is 5.75 Å². The van der Waals surface area contributed by atoms with Crippen LogP contribution in [0, 0.1) is 0 Å². The molecule has 0 radical (unpaired) electrons. The van der Waals surface area contributed by atoms with Gasteiger partial charge in [-0.1, -0.05) is 23.7 Å². The molecular formula is C16H15ClO3S. The van der Waals surface area contributed by atoms with E-state index in [9.17, 15) is 4.79 Å². The molecule has 3 nitrogen and oxygen atoms in total. The minimum absolute atomic E-state index is 0.315. The molecule has 0 bridgehead atoms. The lowest BCUT2D eigenvalue weighted by Crippen LogP contribution is -2.00. The maximum atomic E-state index is 10.7. The fraction of sp³-hybridized carbons (Fsp3) is 0.188. The number of benzene rings is 2. The van der Waals surface area contributed by atoms with Crippen LogP contribution in [-0.2, 0) is 5.75 Å². The van der Waals surface area contributed by atoms with Crippen molar-refractivity contribution in [3.8, 4) is 5.75 Å². The standard InChI is InChI=1S/C16H15ClO3S/c17-14-5-7-15(8-6-14)20-9-10-21-11-12-1-3-13(4-2-12)16(18)19/h1-8H,9-11H2,(H,18,19). The van der Waals surface area contributed by atoms with Crippen molar-refractivity contribution in [3.05, 3.63) is 64.7 Å². The smallest absolute Gasteiger partial charge is 0.335 e. The summed E-state index contributed by atoms with van der Waals surface area (Å²) in [4.78, 5) is 10.7. The molecule has 21 heavy (non-hydrogen) atoms. The minimum Gasteiger partial charge on any atom is -0.493 e. The fourth-order valence-corrected chi connectivity index (χ4v) is 2.58. The first-order valence-electron chi connectivity index (χ1n) is 6.43. The number of halogens is 1. The second kappa shape index (κ2) is 7.96. The van der Waals surface area contributed by atoms with Gasteiger partial charge >= 0.3 is 5.97 Å². The minimum atomic E-state index is -0.898. The maximum Gasteiger partial charge on any atom is 0.335 e. The predicted octanol–water partition coefficient (Wildman–Crippen LogP) is 4.35. The van der Waals surface area contributed by atoms with Crippen LogP contribution in [0.15, 0.2) is 48.5 Å². The number of hydrogen-bond acceptors (Lipinski definition) is 3. The van der Waals surface area contributed by atoms with Gasteiger partial charge in [-0.15, -0.1) is 0 Å². The average Bonchev–Trinajstić information content (AvgIpc) is 2.49. The normalized spacial score (nSPS) is 10.3. The number of aromatic carboxylic acids is 1. The summed E-state index contributed by atoms with van der Waals surface area (Å²) in [7, 11) is 0. The number of carboxylic acids is 1. The summed E-state index contributed by atoms with van der Waals surface area (Å²) < 4.78 is 5.59. The Hall–Kier alpha value is -1.65. The zero-order chi connectivity index (χ0) is 15.1. The Balaban J connectivity index is 1.67. The number of hydrogen-bond donors (Lipinski definition) is 1. The highest BCUT2D eigenvalue weighted by atomic mass is 35.5. The number of ether oxygens (including phenoxy) is 1. The number of carbonyl (C=O) groups is 1. The summed E-state index contributed by atoms with van der Waals surface area (Å²) in [5.41, 5.74) is 1.42. The third-order valence-corrected chi connectivity index (χ3v) is 4.02. The lowest BCUT2D eigenvalue weighted by atomic mass is 10.1. The van der Waals surface area contributed by atoms with Gasteiger partial charge in [0.05, 0.1) is 12.2 Å². The van der Waals surface area contributed by atoms with Gasteiger partial charge < -0.3 is 9.84 Å². The third-order valence-electron chi connectivity index (χ3n) is 2.78. The highest BCUT2D eigenvalue weighted by Crippen LogP contribution is 2.17. The van der Waals surface area contributed by atoms with Crippen LogP contribution >= 0.6 is 23.4 Å². The van der Waals surface area contributed by atoms with Gasteiger partial charge in [-0.25, -0.2) is 4.79 Å². The van der Waals surface area contributed by atoms with Gasteiger partial charge in [0.25, 0.3) is 0 Å². The Morgan fingerprint density at radius 3 is 2.38 bits per heavy atom. The second-order valence-corrected chi connectivity index (χ2v) is 5.90. The van der Waals surface area contributed by atoms with Gasteiger partial charge in [0.15, 0.2) is 0 Å². The molecule has 0 heterocycles. The molecule has 0 fully saturated rings. The SMILES string of the molecule is O=C(O)c1ccc(CSCCOc2ccc(Cl)cc2)cc1. The van der Waals surface area contributed by atoms with E-state index in [-0.39, 0.29) is 0 Å². The Morgan fingerprint density at radius 2 is 1.76 bits per heavy atom. The predicted molar refractivity (Wildman–Crippen MR) is 86.5 cm³/mol. The lowest BCUT2D eigenvalue weighted by Gasteiger charge is -2.06. The first-order valence-corrected chi connectivity index (χ1v) is 7.97. The Kier molecular flexibility index (Phi) is 5.96. The summed E-state index contributed by atoms with van der Waals surface area (Å²) in [6, 6.07) is 14.2. The molecule has 0 atom stereocenters. The molecular weight excluding hydrogens is 308 g/mol. The summed E-state index contributed by atoms with van der Waals surface area (Å²) in [5, 5.41) is 9.51. The molecule has 2 aromatic rings. The third kappa shape index (κ3) is 5.33. The van der Waals surface area contributed by atoms with Crippen LogP contribution in [0.3, 0.4) is 0 Å². The van der Waals surface area contributed by atoms with E-state index >= 15 is 0 Å². The molecule has 0 aliphatic heterocycles. The molecule has 1 N–H and O–H groups in total. The molecule has 0 aliphatic rings. The Labute approximate surface area is 132 Å². The molecule has 110 valence electrons. The van der Waals surface area contributed by atoms with Crippen molar-refractivity contribution in [2.24, 2.45) is 0 Å². The fourth-order valence-electron chi connectivity index (χ4n) is 1.68. The van der Waals surface area contributed by atoms with Crippen LogP contribution in [0.25, 0.3) is 0 Å². The van der Waals surface area contributed by atoms with E-state index in [0.29, 0.717) is 17.2 Å². The van der Waals surface area contributed by atoms with Crippen molar-refractivity contribution in [2.45, 2.75) is 5.75 Å². The van der Waals surface area contributed by atoms with Crippen LogP contribution in [-0.4, -0.2) is 23.4 Å². The van der Waals surface area contributed by atoms with Gasteiger partial charge in [0.1, 0.15) is 5.75 Å². The molecule has 0 unspecified atom stereocenters. The second-order valence-electron chi connectivity index (χ2n) is 4.36. The van der Waals surface area contributed by atoms with Crippen molar-refractivity contribution in [2.75, 3.05) is 12.4 Å². The van der Waals surface area contributed by atoms with Crippen LogP contribution in [0.2, 0.25) is 5.02 Å². The summed E-state index contributed by atoms with van der Waals surface area (Å²) in [5.74, 6) is 1.61. The maximum absolute atomic E-state index is 10.7. The van der Waals surface area contributed by atoms with Gasteiger partial charge in [0, 0.05) is 16.5 Å². The Bertz CT molecular complexity index is 581. The zero-order valence-corrected chi connectivity index (χ0v) is 12.9. The summed E-state index contributed by atoms with van der Waals surface area (Å²) >= 11 is 7.54. The van der Waals surface area contributed by atoms with Crippen LogP contribution < -0.4 is 4.74 Å². The zero-order valence-electron chi connectivity index (χ0n) is 11.3. The van der Waals surface area contributed by atoms with Crippen molar-refractivity contribution >= 4 is 29.3 Å². The van der Waals surface area contributed by atoms with E-state index < -0.39 is 5.97 Å². The average molecular weight is 323 g/mol. The highest BCUT2D eigenvalue weighted by Gasteiger charge is 2.01. The first kappa shape index (κ1) is 15.7. The van der Waals surface area contributed by atoms with Gasteiger partial charge in [0.2, 0.25) is 0 Å². The largest absolute Gasteiger partial charge is 0.493 e. The van der Waals surface area contributed by atoms with E-state index in [1.165, 1.54) is 0 Å². The van der Waals surface area contributed by atoms with Crippen molar-refractivity contribution in [3.63, 3.8) is 0 Å².